The largest absolute Gasteiger partial charge is 0.273 e. The number of nitrogens with zero attached hydrogens (tertiary/aromatic N) is 1. The number of imide groups is 1. The normalized spacial score (nSPS) is 34.5. The van der Waals surface area contributed by atoms with Gasteiger partial charge in [-0.25, -0.2) is 4.90 Å². The summed E-state index contributed by atoms with van der Waals surface area (Å²) in [7, 11) is 0. The Bertz CT molecular complexity index is 520. The predicted molar refractivity (Wildman–Crippen MR) is 69.1 cm³/mol. The Balaban J connectivity index is 2.07. The lowest BCUT2D eigenvalue weighted by Gasteiger charge is -2.46. The van der Waals surface area contributed by atoms with E-state index in [9.17, 15) is 9.59 Å². The van der Waals surface area contributed by atoms with Gasteiger partial charge in [0.1, 0.15) is 0 Å². The Morgan fingerprint density at radius 1 is 0.944 bits per heavy atom. The van der Waals surface area contributed by atoms with Gasteiger partial charge in [-0.1, -0.05) is 17.7 Å². The Kier molecular flexibility index (Phi) is 2.05. The summed E-state index contributed by atoms with van der Waals surface area (Å²) < 4.78 is 0. The number of hydrogen-bond acceptors (Lipinski definition) is 2. The molecule has 3 heteroatoms. The summed E-state index contributed by atoms with van der Waals surface area (Å²) in [4.78, 5) is 26.4. The zero-order valence-electron chi connectivity index (χ0n) is 11.0. The third kappa shape index (κ3) is 1.10. The lowest BCUT2D eigenvalue weighted by atomic mass is 9.52. The summed E-state index contributed by atoms with van der Waals surface area (Å²) in [6.45, 7) is 5.83. The number of carbonyl (C=O) groups is 2. The van der Waals surface area contributed by atoms with Crippen LogP contribution in [0.5, 0.6) is 0 Å². The monoisotopic (exact) mass is 243 g/mol. The van der Waals surface area contributed by atoms with E-state index in [1.165, 1.54) is 4.90 Å². The molecule has 1 aromatic rings. The Labute approximate surface area is 107 Å². The first-order valence-corrected chi connectivity index (χ1v) is 6.36. The van der Waals surface area contributed by atoms with Crippen molar-refractivity contribution < 1.29 is 9.59 Å². The van der Waals surface area contributed by atoms with Crippen molar-refractivity contribution in [2.75, 3.05) is 4.90 Å². The molecule has 0 aromatic heterocycles. The molecule has 1 aromatic carbocycles. The molecule has 2 fully saturated rings. The molecule has 0 spiro atoms. The number of aryl methyl sites for hydroxylation is 1. The number of fused-ring (bicyclic) bond motifs is 1. The fourth-order valence-electron chi connectivity index (χ4n) is 3.07. The van der Waals surface area contributed by atoms with Gasteiger partial charge in [0, 0.05) is 0 Å². The highest BCUT2D eigenvalue weighted by Crippen LogP contribution is 2.62. The van der Waals surface area contributed by atoms with E-state index in [1.54, 1.807) is 0 Å². The van der Waals surface area contributed by atoms with E-state index in [4.69, 9.17) is 0 Å². The van der Waals surface area contributed by atoms with E-state index in [0.29, 0.717) is 5.69 Å². The highest BCUT2D eigenvalue weighted by atomic mass is 16.2. The fourth-order valence-corrected chi connectivity index (χ4v) is 3.07. The van der Waals surface area contributed by atoms with E-state index < -0.39 is 10.8 Å². The van der Waals surface area contributed by atoms with Crippen LogP contribution in [0, 0.1) is 17.8 Å². The number of anilines is 1. The van der Waals surface area contributed by atoms with Crippen molar-refractivity contribution in [1.82, 2.24) is 0 Å². The number of hydrogen-bond donors (Lipinski definition) is 0. The summed E-state index contributed by atoms with van der Waals surface area (Å²) in [5, 5.41) is 0. The van der Waals surface area contributed by atoms with Crippen LogP contribution in [0.2, 0.25) is 0 Å². The summed E-state index contributed by atoms with van der Waals surface area (Å²) in [6, 6.07) is 7.56. The quantitative estimate of drug-likeness (QED) is 0.711. The average Bonchev–Trinajstić information content (AvgIpc) is 2.45. The van der Waals surface area contributed by atoms with Crippen molar-refractivity contribution in [3.05, 3.63) is 29.8 Å². The van der Waals surface area contributed by atoms with E-state index in [0.717, 1.165) is 18.4 Å². The van der Waals surface area contributed by atoms with Gasteiger partial charge in [0.15, 0.2) is 0 Å². The van der Waals surface area contributed by atoms with Crippen LogP contribution < -0.4 is 4.90 Å². The molecule has 94 valence electrons. The summed E-state index contributed by atoms with van der Waals surface area (Å²) in [5.41, 5.74) is 0.843. The molecule has 2 aliphatic rings. The van der Waals surface area contributed by atoms with Gasteiger partial charge < -0.3 is 0 Å². The molecule has 0 bridgehead atoms. The van der Waals surface area contributed by atoms with Gasteiger partial charge in [0.2, 0.25) is 11.8 Å². The van der Waals surface area contributed by atoms with Gasteiger partial charge in [-0.2, -0.15) is 0 Å². The third-order valence-corrected chi connectivity index (χ3v) is 4.99. The van der Waals surface area contributed by atoms with Crippen LogP contribution in [-0.2, 0) is 9.59 Å². The van der Waals surface area contributed by atoms with Crippen molar-refractivity contribution in [2.45, 2.75) is 33.6 Å². The lowest BCUT2D eigenvalue weighted by Crippen LogP contribution is -2.49. The molecule has 2 unspecified atom stereocenters. The van der Waals surface area contributed by atoms with Gasteiger partial charge in [-0.15, -0.1) is 0 Å². The van der Waals surface area contributed by atoms with Crippen LogP contribution in [0.1, 0.15) is 32.3 Å². The van der Waals surface area contributed by atoms with Crippen LogP contribution in [0.25, 0.3) is 0 Å². The molecule has 2 atom stereocenters. The minimum absolute atomic E-state index is 0.0369. The second kappa shape index (κ2) is 3.22. The molecular formula is C15H17NO2. The molecule has 2 amide bonds. The number of carbonyl (C=O) groups excluding carboxylic acids is 2. The van der Waals surface area contributed by atoms with Crippen LogP contribution in [-0.4, -0.2) is 11.8 Å². The Hall–Kier alpha value is -1.64. The molecule has 18 heavy (non-hydrogen) atoms. The van der Waals surface area contributed by atoms with Crippen molar-refractivity contribution >= 4 is 17.5 Å². The smallest absolute Gasteiger partial charge is 0.240 e. The molecule has 1 saturated heterocycles. The van der Waals surface area contributed by atoms with E-state index >= 15 is 0 Å². The third-order valence-electron chi connectivity index (χ3n) is 4.99. The molecule has 0 N–H and O–H groups in total. The Morgan fingerprint density at radius 2 is 1.39 bits per heavy atom. The van der Waals surface area contributed by atoms with Gasteiger partial charge >= 0.3 is 0 Å². The topological polar surface area (TPSA) is 37.4 Å². The van der Waals surface area contributed by atoms with Gasteiger partial charge in [0.25, 0.3) is 0 Å². The Morgan fingerprint density at radius 3 is 1.78 bits per heavy atom. The SMILES string of the molecule is Cc1ccc(N2C(=O)C3(C)CCC3(C)C2=O)cc1. The first kappa shape index (κ1) is 11.5. The molecule has 1 heterocycles. The van der Waals surface area contributed by atoms with Crippen molar-refractivity contribution in [3.63, 3.8) is 0 Å². The minimum Gasteiger partial charge on any atom is -0.273 e. The van der Waals surface area contributed by atoms with Gasteiger partial charge in [-0.05, 0) is 45.7 Å². The van der Waals surface area contributed by atoms with Crippen molar-refractivity contribution in [1.29, 1.82) is 0 Å². The first-order valence-electron chi connectivity index (χ1n) is 6.36. The zero-order chi connectivity index (χ0) is 13.1. The maximum absolute atomic E-state index is 12.5. The minimum atomic E-state index is -0.491. The average molecular weight is 243 g/mol. The van der Waals surface area contributed by atoms with Crippen LogP contribution in [0.4, 0.5) is 5.69 Å². The van der Waals surface area contributed by atoms with Crippen molar-refractivity contribution in [3.8, 4) is 0 Å². The second-order valence-electron chi connectivity index (χ2n) is 5.95. The molecule has 3 nitrogen and oxygen atoms in total. The zero-order valence-corrected chi connectivity index (χ0v) is 11.0. The summed E-state index contributed by atoms with van der Waals surface area (Å²) in [6.07, 6.45) is 1.63. The maximum Gasteiger partial charge on any atom is 0.240 e. The lowest BCUT2D eigenvalue weighted by molar-refractivity contribution is -0.145. The highest BCUT2D eigenvalue weighted by molar-refractivity contribution is 6.26. The molecule has 0 radical (unpaired) electrons. The molecular weight excluding hydrogens is 226 g/mol. The van der Waals surface area contributed by atoms with Crippen molar-refractivity contribution in [2.24, 2.45) is 10.8 Å². The molecule has 1 aliphatic carbocycles. The van der Waals surface area contributed by atoms with Crippen LogP contribution in [0.3, 0.4) is 0 Å². The molecule has 3 rings (SSSR count). The summed E-state index contributed by atoms with van der Waals surface area (Å²) in [5.74, 6) is -0.0739. The van der Waals surface area contributed by atoms with Gasteiger partial charge in [0.05, 0.1) is 16.5 Å². The summed E-state index contributed by atoms with van der Waals surface area (Å²) >= 11 is 0. The fraction of sp³-hybridized carbons (Fsp3) is 0.467. The van der Waals surface area contributed by atoms with E-state index in [1.807, 2.05) is 45.0 Å². The first-order chi connectivity index (χ1) is 8.40. The molecule has 1 aliphatic heterocycles. The van der Waals surface area contributed by atoms with Gasteiger partial charge in [-0.3, -0.25) is 9.59 Å². The van der Waals surface area contributed by atoms with E-state index in [-0.39, 0.29) is 11.8 Å². The van der Waals surface area contributed by atoms with Crippen LogP contribution in [0.15, 0.2) is 24.3 Å². The predicted octanol–water partition coefficient (Wildman–Crippen LogP) is 2.67. The number of benzene rings is 1. The van der Waals surface area contributed by atoms with Crippen LogP contribution >= 0.6 is 0 Å². The standard InChI is InChI=1S/C15H17NO2/c1-10-4-6-11(7-5-10)16-12(17)14(2)8-9-15(14,3)13(16)18/h4-7H,8-9H2,1-3H3. The maximum atomic E-state index is 12.5. The van der Waals surface area contributed by atoms with E-state index in [2.05, 4.69) is 0 Å². The molecule has 1 saturated carbocycles. The second-order valence-corrected chi connectivity index (χ2v) is 5.95. The number of rotatable bonds is 1. The number of amides is 2. The highest BCUT2D eigenvalue weighted by Gasteiger charge is 2.70.